The van der Waals surface area contributed by atoms with Crippen molar-refractivity contribution in [3.8, 4) is 5.75 Å². The van der Waals surface area contributed by atoms with Gasteiger partial charge in [0.05, 0.1) is 7.11 Å². The van der Waals surface area contributed by atoms with E-state index in [0.717, 1.165) is 49.0 Å². The first-order chi connectivity index (χ1) is 13.6. The lowest BCUT2D eigenvalue weighted by atomic mass is 10.1. The van der Waals surface area contributed by atoms with Gasteiger partial charge in [0, 0.05) is 45.0 Å². The van der Waals surface area contributed by atoms with Gasteiger partial charge in [-0.3, -0.25) is 4.99 Å². The Morgan fingerprint density at radius 2 is 1.93 bits per heavy atom. The van der Waals surface area contributed by atoms with Gasteiger partial charge in [-0.05, 0) is 42.2 Å². The number of nitrogens with zero attached hydrogens (tertiary/aromatic N) is 2. The van der Waals surface area contributed by atoms with Crippen molar-refractivity contribution in [2.45, 2.75) is 13.0 Å². The number of aliphatic imine (C=N–C) groups is 1. The first-order valence-electron chi connectivity index (χ1n) is 9.36. The van der Waals surface area contributed by atoms with Crippen LogP contribution in [0.1, 0.15) is 12.0 Å². The highest BCUT2D eigenvalue weighted by Gasteiger charge is 2.23. The number of methoxy groups -OCH3 is 1. The molecule has 1 saturated heterocycles. The van der Waals surface area contributed by atoms with E-state index in [4.69, 9.17) is 4.74 Å². The van der Waals surface area contributed by atoms with Crippen LogP contribution in [-0.4, -0.2) is 39.8 Å². The first-order valence-corrected chi connectivity index (χ1v) is 9.36. The van der Waals surface area contributed by atoms with Crippen molar-refractivity contribution >= 4 is 11.6 Å². The van der Waals surface area contributed by atoms with Crippen LogP contribution in [0.3, 0.4) is 0 Å². The molecule has 7 heteroatoms. The van der Waals surface area contributed by atoms with Gasteiger partial charge in [-0.2, -0.15) is 0 Å². The number of anilines is 1. The smallest absolute Gasteiger partial charge is 0.191 e. The Balaban J connectivity index is 1.45. The third-order valence-corrected chi connectivity index (χ3v) is 4.95. The molecule has 1 fully saturated rings. The van der Waals surface area contributed by atoms with Crippen molar-refractivity contribution in [2.24, 2.45) is 10.9 Å². The summed E-state index contributed by atoms with van der Waals surface area (Å²) in [5, 5.41) is 6.65. The van der Waals surface area contributed by atoms with Crippen LogP contribution in [-0.2, 0) is 6.54 Å². The lowest BCUT2D eigenvalue weighted by molar-refractivity contribution is 0.414. The van der Waals surface area contributed by atoms with Gasteiger partial charge in [-0.15, -0.1) is 0 Å². The maximum Gasteiger partial charge on any atom is 0.191 e. The van der Waals surface area contributed by atoms with E-state index < -0.39 is 11.6 Å². The molecule has 1 aliphatic rings. The van der Waals surface area contributed by atoms with E-state index in [1.807, 2.05) is 24.3 Å². The summed E-state index contributed by atoms with van der Waals surface area (Å²) in [6.45, 7) is 3.06. The second kappa shape index (κ2) is 9.39. The first kappa shape index (κ1) is 19.9. The van der Waals surface area contributed by atoms with Gasteiger partial charge in [-0.1, -0.05) is 12.1 Å². The average molecular weight is 388 g/mol. The van der Waals surface area contributed by atoms with E-state index >= 15 is 0 Å². The molecule has 150 valence electrons. The molecule has 1 unspecified atom stereocenters. The largest absolute Gasteiger partial charge is 0.497 e. The molecular formula is C21H26F2N4O. The summed E-state index contributed by atoms with van der Waals surface area (Å²) < 4.78 is 31.7. The van der Waals surface area contributed by atoms with E-state index in [9.17, 15) is 8.78 Å². The summed E-state index contributed by atoms with van der Waals surface area (Å²) in [5.41, 5.74) is 1.86. The van der Waals surface area contributed by atoms with E-state index in [2.05, 4.69) is 20.5 Å². The molecular weight excluding hydrogens is 362 g/mol. The molecule has 2 N–H and O–H groups in total. The maximum atomic E-state index is 13.5. The molecule has 3 rings (SSSR count). The van der Waals surface area contributed by atoms with Gasteiger partial charge in [-0.25, -0.2) is 8.78 Å². The Morgan fingerprint density at radius 1 is 1.14 bits per heavy atom. The number of hydrogen-bond donors (Lipinski definition) is 2. The van der Waals surface area contributed by atoms with Crippen LogP contribution in [0.5, 0.6) is 5.75 Å². The number of rotatable bonds is 6. The van der Waals surface area contributed by atoms with Gasteiger partial charge < -0.3 is 20.3 Å². The van der Waals surface area contributed by atoms with Gasteiger partial charge in [0.1, 0.15) is 5.75 Å². The van der Waals surface area contributed by atoms with Gasteiger partial charge in [0.25, 0.3) is 0 Å². The molecule has 1 heterocycles. The van der Waals surface area contributed by atoms with Crippen LogP contribution >= 0.6 is 0 Å². The highest BCUT2D eigenvalue weighted by atomic mass is 19.2. The van der Waals surface area contributed by atoms with Crippen LogP contribution in [0.2, 0.25) is 0 Å². The molecule has 28 heavy (non-hydrogen) atoms. The van der Waals surface area contributed by atoms with E-state index in [1.165, 1.54) is 12.1 Å². The SMILES string of the molecule is CN=C(NCc1ccc(OC)cc1)NCC1CCN(c2ccc(F)c(F)c2)C1. The Hall–Kier alpha value is -2.83. The fraction of sp³-hybridized carbons (Fsp3) is 0.381. The van der Waals surface area contributed by atoms with Crippen molar-refractivity contribution in [1.82, 2.24) is 10.6 Å². The molecule has 0 aromatic heterocycles. The van der Waals surface area contributed by atoms with Crippen LogP contribution in [0.25, 0.3) is 0 Å². The minimum Gasteiger partial charge on any atom is -0.497 e. The molecule has 2 aromatic rings. The normalized spacial score (nSPS) is 16.9. The number of benzene rings is 2. The zero-order valence-electron chi connectivity index (χ0n) is 16.2. The van der Waals surface area contributed by atoms with Crippen molar-refractivity contribution < 1.29 is 13.5 Å². The van der Waals surface area contributed by atoms with Crippen molar-refractivity contribution in [3.63, 3.8) is 0 Å². The van der Waals surface area contributed by atoms with E-state index in [1.54, 1.807) is 20.2 Å². The Bertz CT molecular complexity index is 811. The highest BCUT2D eigenvalue weighted by molar-refractivity contribution is 5.79. The molecule has 1 atom stereocenters. The monoisotopic (exact) mass is 388 g/mol. The Kier molecular flexibility index (Phi) is 6.68. The molecule has 0 bridgehead atoms. The van der Waals surface area contributed by atoms with Crippen LogP contribution in [0.15, 0.2) is 47.5 Å². The van der Waals surface area contributed by atoms with Crippen LogP contribution in [0.4, 0.5) is 14.5 Å². The third kappa shape index (κ3) is 5.12. The summed E-state index contributed by atoms with van der Waals surface area (Å²) in [6.07, 6.45) is 0.988. The van der Waals surface area contributed by atoms with Crippen molar-refractivity contribution in [1.29, 1.82) is 0 Å². The fourth-order valence-electron chi connectivity index (χ4n) is 3.31. The fourth-order valence-corrected chi connectivity index (χ4v) is 3.31. The molecule has 0 radical (unpaired) electrons. The van der Waals surface area contributed by atoms with Gasteiger partial charge in [0.15, 0.2) is 17.6 Å². The Morgan fingerprint density at radius 3 is 2.61 bits per heavy atom. The summed E-state index contributed by atoms with van der Waals surface area (Å²) in [5.74, 6) is 0.364. The lowest BCUT2D eigenvalue weighted by Gasteiger charge is -2.19. The van der Waals surface area contributed by atoms with E-state index in [0.29, 0.717) is 12.5 Å². The maximum absolute atomic E-state index is 13.5. The quantitative estimate of drug-likeness (QED) is 0.590. The number of guanidine groups is 1. The Labute approximate surface area is 164 Å². The molecule has 0 aliphatic carbocycles. The average Bonchev–Trinajstić information content (AvgIpc) is 3.19. The third-order valence-electron chi connectivity index (χ3n) is 4.95. The zero-order chi connectivity index (χ0) is 19.9. The highest BCUT2D eigenvalue weighted by Crippen LogP contribution is 2.25. The molecule has 0 amide bonds. The predicted octanol–water partition coefficient (Wildman–Crippen LogP) is 3.16. The molecule has 0 saturated carbocycles. The zero-order valence-corrected chi connectivity index (χ0v) is 16.2. The number of ether oxygens (including phenoxy) is 1. The number of nitrogens with one attached hydrogen (secondary N) is 2. The number of hydrogen-bond acceptors (Lipinski definition) is 3. The van der Waals surface area contributed by atoms with Gasteiger partial charge >= 0.3 is 0 Å². The van der Waals surface area contributed by atoms with Crippen molar-refractivity contribution in [3.05, 3.63) is 59.7 Å². The topological polar surface area (TPSA) is 48.9 Å². The molecule has 5 nitrogen and oxygen atoms in total. The summed E-state index contributed by atoms with van der Waals surface area (Å²) >= 11 is 0. The minimum absolute atomic E-state index is 0.410. The van der Waals surface area contributed by atoms with Crippen LogP contribution in [0, 0.1) is 17.6 Å². The number of halogens is 2. The minimum atomic E-state index is -0.812. The standard InChI is InChI=1S/C21H26F2N4O/c1-24-21(25-12-15-3-6-18(28-2)7-4-15)26-13-16-9-10-27(14-16)17-5-8-19(22)20(23)11-17/h3-8,11,16H,9-10,12-14H2,1-2H3,(H2,24,25,26). The van der Waals surface area contributed by atoms with Gasteiger partial charge in [0.2, 0.25) is 0 Å². The predicted molar refractivity (Wildman–Crippen MR) is 108 cm³/mol. The molecule has 0 spiro atoms. The second-order valence-electron chi connectivity index (χ2n) is 6.85. The second-order valence-corrected chi connectivity index (χ2v) is 6.85. The summed E-state index contributed by atoms with van der Waals surface area (Å²) in [7, 11) is 3.39. The van der Waals surface area contributed by atoms with Crippen LogP contribution < -0.4 is 20.3 Å². The summed E-state index contributed by atoms with van der Waals surface area (Å²) in [4.78, 5) is 6.35. The summed E-state index contributed by atoms with van der Waals surface area (Å²) in [6, 6.07) is 12.0. The molecule has 1 aliphatic heterocycles. The van der Waals surface area contributed by atoms with E-state index in [-0.39, 0.29) is 0 Å². The van der Waals surface area contributed by atoms with Crippen molar-refractivity contribution in [2.75, 3.05) is 38.7 Å². The lowest BCUT2D eigenvalue weighted by Crippen LogP contribution is -2.39. The molecule has 2 aromatic carbocycles.